The molecule has 0 bridgehead atoms. The Hall–Kier alpha value is -3.27. The number of hydrogen-bond acceptors (Lipinski definition) is 4. The fraction of sp³-hybridized carbons (Fsp3) is 0.154. The summed E-state index contributed by atoms with van der Waals surface area (Å²) in [4.78, 5) is 12.5. The second kappa shape index (κ2) is 12.1. The van der Waals surface area contributed by atoms with Gasteiger partial charge in [0.05, 0.1) is 6.61 Å². The van der Waals surface area contributed by atoms with Crippen molar-refractivity contribution < 1.29 is 14.3 Å². The molecule has 33 heavy (non-hydrogen) atoms. The predicted octanol–water partition coefficient (Wildman–Crippen LogP) is 6.30. The van der Waals surface area contributed by atoms with Gasteiger partial charge in [-0.05, 0) is 54.0 Å². The highest BCUT2D eigenvalue weighted by Gasteiger charge is 2.14. The Morgan fingerprint density at radius 3 is 2.42 bits per heavy atom. The van der Waals surface area contributed by atoms with Gasteiger partial charge >= 0.3 is 0 Å². The van der Waals surface area contributed by atoms with E-state index in [2.05, 4.69) is 21.2 Å². The van der Waals surface area contributed by atoms with Crippen LogP contribution in [0.2, 0.25) is 5.02 Å². The molecule has 0 unspecified atom stereocenters. The maximum Gasteiger partial charge on any atom is 0.262 e. The Labute approximate surface area is 206 Å². The molecule has 0 spiro atoms. The van der Waals surface area contributed by atoms with Gasteiger partial charge in [-0.25, -0.2) is 0 Å². The Morgan fingerprint density at radius 1 is 1.06 bits per heavy atom. The topological polar surface area (TPSA) is 71.3 Å². The number of nitrogens with zero attached hydrogens (tertiary/aromatic N) is 1. The van der Waals surface area contributed by atoms with Crippen molar-refractivity contribution >= 4 is 39.5 Å². The zero-order chi connectivity index (χ0) is 23.6. The van der Waals surface area contributed by atoms with Crippen molar-refractivity contribution in [3.8, 4) is 17.6 Å². The standard InChI is InChI=1S/C26H22BrClN2O3/c1-2-32-24-13-20(12-21(15-29)26(31)30-16-18-6-4-3-5-7-18)23(27)14-25(24)33-17-19-8-10-22(28)11-9-19/h3-14H,2,16-17H2,1H3,(H,30,31)/b21-12+. The number of benzene rings is 3. The minimum atomic E-state index is -0.450. The Balaban J connectivity index is 1.78. The molecule has 0 atom stereocenters. The van der Waals surface area contributed by atoms with Gasteiger partial charge in [-0.3, -0.25) is 4.79 Å². The number of ether oxygens (including phenoxy) is 2. The van der Waals surface area contributed by atoms with E-state index in [0.717, 1.165) is 11.1 Å². The monoisotopic (exact) mass is 524 g/mol. The lowest BCUT2D eigenvalue weighted by Crippen LogP contribution is -2.23. The van der Waals surface area contributed by atoms with E-state index in [1.165, 1.54) is 6.08 Å². The van der Waals surface area contributed by atoms with Crippen molar-refractivity contribution in [3.63, 3.8) is 0 Å². The first-order valence-corrected chi connectivity index (χ1v) is 11.4. The largest absolute Gasteiger partial charge is 0.490 e. The Bertz CT molecular complexity index is 1170. The number of nitrogens with one attached hydrogen (secondary N) is 1. The fourth-order valence-corrected chi connectivity index (χ4v) is 3.52. The SMILES string of the molecule is CCOc1cc(/C=C(\C#N)C(=O)NCc2ccccc2)c(Br)cc1OCc1ccc(Cl)cc1. The second-order valence-electron chi connectivity index (χ2n) is 7.01. The van der Waals surface area contributed by atoms with Crippen LogP contribution >= 0.6 is 27.5 Å². The van der Waals surface area contributed by atoms with Crippen LogP contribution < -0.4 is 14.8 Å². The minimum Gasteiger partial charge on any atom is -0.490 e. The van der Waals surface area contributed by atoms with E-state index in [0.29, 0.717) is 46.3 Å². The smallest absolute Gasteiger partial charge is 0.262 e. The van der Waals surface area contributed by atoms with E-state index in [-0.39, 0.29) is 5.57 Å². The molecule has 0 aromatic heterocycles. The fourth-order valence-electron chi connectivity index (χ4n) is 2.96. The lowest BCUT2D eigenvalue weighted by molar-refractivity contribution is -0.117. The van der Waals surface area contributed by atoms with Crippen molar-refractivity contribution in [1.29, 1.82) is 5.26 Å². The van der Waals surface area contributed by atoms with E-state index in [1.807, 2.05) is 55.5 Å². The van der Waals surface area contributed by atoms with Gasteiger partial charge in [0.15, 0.2) is 11.5 Å². The molecule has 0 heterocycles. The molecule has 0 fully saturated rings. The molecule has 0 saturated heterocycles. The third kappa shape index (κ3) is 7.11. The summed E-state index contributed by atoms with van der Waals surface area (Å²) in [6.45, 7) is 2.98. The van der Waals surface area contributed by atoms with Crippen LogP contribution in [-0.2, 0) is 17.9 Å². The molecule has 0 saturated carbocycles. The third-order valence-electron chi connectivity index (χ3n) is 4.63. The van der Waals surface area contributed by atoms with Crippen molar-refractivity contribution in [3.05, 3.63) is 98.5 Å². The number of nitriles is 1. The van der Waals surface area contributed by atoms with E-state index in [9.17, 15) is 10.1 Å². The third-order valence-corrected chi connectivity index (χ3v) is 5.57. The van der Waals surface area contributed by atoms with Gasteiger partial charge in [-0.15, -0.1) is 0 Å². The van der Waals surface area contributed by atoms with Gasteiger partial charge < -0.3 is 14.8 Å². The summed E-state index contributed by atoms with van der Waals surface area (Å²) >= 11 is 9.45. The maximum absolute atomic E-state index is 12.5. The number of amides is 1. The average Bonchev–Trinajstić information content (AvgIpc) is 2.83. The Kier molecular flexibility index (Phi) is 8.94. The quantitative estimate of drug-likeness (QED) is 0.263. The number of carbonyl (C=O) groups is 1. The van der Waals surface area contributed by atoms with Crippen molar-refractivity contribution in [2.45, 2.75) is 20.1 Å². The molecule has 0 aliphatic carbocycles. The van der Waals surface area contributed by atoms with Crippen LogP contribution in [0.1, 0.15) is 23.6 Å². The first kappa shape index (κ1) is 24.4. The predicted molar refractivity (Wildman–Crippen MR) is 133 cm³/mol. The second-order valence-corrected chi connectivity index (χ2v) is 8.30. The molecule has 7 heteroatoms. The van der Waals surface area contributed by atoms with Gasteiger partial charge in [-0.1, -0.05) is 70.0 Å². The van der Waals surface area contributed by atoms with Crippen LogP contribution in [-0.4, -0.2) is 12.5 Å². The molecule has 0 aliphatic rings. The van der Waals surface area contributed by atoms with E-state index in [1.54, 1.807) is 24.3 Å². The summed E-state index contributed by atoms with van der Waals surface area (Å²) in [5, 5.41) is 13.0. The zero-order valence-corrected chi connectivity index (χ0v) is 20.3. The van der Waals surface area contributed by atoms with Gasteiger partial charge in [0, 0.05) is 16.0 Å². The van der Waals surface area contributed by atoms with Gasteiger partial charge in [0.1, 0.15) is 18.2 Å². The lowest BCUT2D eigenvalue weighted by atomic mass is 10.1. The van der Waals surface area contributed by atoms with Crippen LogP contribution in [0.5, 0.6) is 11.5 Å². The van der Waals surface area contributed by atoms with Crippen LogP contribution in [0, 0.1) is 11.3 Å². The van der Waals surface area contributed by atoms with Crippen LogP contribution in [0.3, 0.4) is 0 Å². The maximum atomic E-state index is 12.5. The highest BCUT2D eigenvalue weighted by Crippen LogP contribution is 2.35. The number of hydrogen-bond donors (Lipinski definition) is 1. The number of halogens is 2. The molecule has 1 amide bonds. The summed E-state index contributed by atoms with van der Waals surface area (Å²) in [5.41, 5.74) is 2.53. The van der Waals surface area contributed by atoms with Crippen LogP contribution in [0.25, 0.3) is 6.08 Å². The summed E-state index contributed by atoms with van der Waals surface area (Å²) in [5.74, 6) is 0.611. The highest BCUT2D eigenvalue weighted by atomic mass is 79.9. The van der Waals surface area contributed by atoms with Gasteiger partial charge in [-0.2, -0.15) is 5.26 Å². The number of rotatable bonds is 9. The molecule has 3 aromatic rings. The summed E-state index contributed by atoms with van der Waals surface area (Å²) in [6, 6.07) is 22.4. The summed E-state index contributed by atoms with van der Waals surface area (Å²) < 4.78 is 12.4. The molecule has 1 N–H and O–H groups in total. The molecular weight excluding hydrogens is 504 g/mol. The first-order chi connectivity index (χ1) is 16.0. The van der Waals surface area contributed by atoms with Crippen molar-refractivity contribution in [2.75, 3.05) is 6.61 Å². The van der Waals surface area contributed by atoms with Gasteiger partial charge in [0.2, 0.25) is 0 Å². The lowest BCUT2D eigenvalue weighted by Gasteiger charge is -2.14. The molecule has 3 aromatic carbocycles. The number of carbonyl (C=O) groups excluding carboxylic acids is 1. The molecule has 0 radical (unpaired) electrons. The first-order valence-electron chi connectivity index (χ1n) is 10.3. The van der Waals surface area contributed by atoms with Crippen LogP contribution in [0.4, 0.5) is 0 Å². The Morgan fingerprint density at radius 2 is 1.76 bits per heavy atom. The molecule has 168 valence electrons. The van der Waals surface area contributed by atoms with Gasteiger partial charge in [0.25, 0.3) is 5.91 Å². The van der Waals surface area contributed by atoms with Crippen molar-refractivity contribution in [2.24, 2.45) is 0 Å². The molecule has 3 rings (SSSR count). The molecule has 5 nitrogen and oxygen atoms in total. The highest BCUT2D eigenvalue weighted by molar-refractivity contribution is 9.10. The van der Waals surface area contributed by atoms with E-state index in [4.69, 9.17) is 21.1 Å². The molecular formula is C26H22BrClN2O3. The summed E-state index contributed by atoms with van der Waals surface area (Å²) in [7, 11) is 0. The normalized spacial score (nSPS) is 10.9. The zero-order valence-electron chi connectivity index (χ0n) is 18.0. The molecule has 0 aliphatic heterocycles. The van der Waals surface area contributed by atoms with Crippen LogP contribution in [0.15, 0.2) is 76.8 Å². The minimum absolute atomic E-state index is 0.0103. The summed E-state index contributed by atoms with van der Waals surface area (Å²) in [6.07, 6.45) is 1.52. The van der Waals surface area contributed by atoms with E-state index >= 15 is 0 Å². The van der Waals surface area contributed by atoms with E-state index < -0.39 is 5.91 Å². The average molecular weight is 526 g/mol. The van der Waals surface area contributed by atoms with Crippen molar-refractivity contribution in [1.82, 2.24) is 5.32 Å².